The van der Waals surface area contributed by atoms with Gasteiger partial charge in [0.25, 0.3) is 0 Å². The molecule has 2 aromatic rings. The van der Waals surface area contributed by atoms with E-state index in [1.165, 1.54) is 0 Å². The van der Waals surface area contributed by atoms with E-state index in [2.05, 4.69) is 10.6 Å². The second-order valence-electron chi connectivity index (χ2n) is 10.6. The number of amides is 1. The standard InChI is InChI=1S/C28H36N4O4/c1-5-28(6-2)16-23(33)32(26(29)31-28)20-13-14-35-21-12-11-17(15-19(20)21)25(34)30-24-18-9-7-8-10-22(18)36-27(24,3)4/h7-12,15,20,24-25,30,34H,5-6,13-14,16H2,1-4H3,(H2,29,31)/t20-,24?,25?/m1/s1. The lowest BCUT2D eigenvalue weighted by Gasteiger charge is -2.45. The summed E-state index contributed by atoms with van der Waals surface area (Å²) in [6, 6.07) is 12.9. The zero-order chi connectivity index (χ0) is 25.7. The summed E-state index contributed by atoms with van der Waals surface area (Å²) in [4.78, 5) is 14.9. The zero-order valence-electron chi connectivity index (χ0n) is 21.4. The van der Waals surface area contributed by atoms with E-state index < -0.39 is 11.8 Å². The number of carbonyl (C=O) groups excluding carboxylic acids is 1. The Morgan fingerprint density at radius 1 is 1.17 bits per heavy atom. The first-order valence-electron chi connectivity index (χ1n) is 12.9. The molecule has 0 radical (unpaired) electrons. The first-order valence-corrected chi connectivity index (χ1v) is 12.9. The molecular formula is C28H36N4O4. The molecule has 1 fully saturated rings. The van der Waals surface area contributed by atoms with E-state index >= 15 is 0 Å². The average Bonchev–Trinajstić information content (AvgIpc) is 3.12. The number of ether oxygens (including phenoxy) is 2. The van der Waals surface area contributed by atoms with Crippen molar-refractivity contribution in [1.82, 2.24) is 15.5 Å². The number of rotatable bonds is 6. The van der Waals surface area contributed by atoms with Gasteiger partial charge in [0.2, 0.25) is 5.91 Å². The summed E-state index contributed by atoms with van der Waals surface area (Å²) in [7, 11) is 0. The molecule has 1 saturated heterocycles. The van der Waals surface area contributed by atoms with Crippen LogP contribution in [-0.2, 0) is 4.79 Å². The molecule has 8 nitrogen and oxygen atoms in total. The molecular weight excluding hydrogens is 456 g/mol. The lowest BCUT2D eigenvalue weighted by molar-refractivity contribution is -0.133. The maximum atomic E-state index is 13.3. The molecule has 4 N–H and O–H groups in total. The molecule has 0 saturated carbocycles. The van der Waals surface area contributed by atoms with Crippen LogP contribution in [0.3, 0.4) is 0 Å². The number of aliphatic hydroxyl groups excluding tert-OH is 1. The minimum Gasteiger partial charge on any atom is -0.493 e. The Kier molecular flexibility index (Phi) is 6.21. The Morgan fingerprint density at radius 2 is 1.92 bits per heavy atom. The number of guanidine groups is 1. The van der Waals surface area contributed by atoms with Crippen LogP contribution < -0.4 is 20.1 Å². The topological polar surface area (TPSA) is 107 Å². The monoisotopic (exact) mass is 492 g/mol. The number of fused-ring (bicyclic) bond motifs is 2. The van der Waals surface area contributed by atoms with Gasteiger partial charge in [0, 0.05) is 23.1 Å². The third-order valence-electron chi connectivity index (χ3n) is 8.03. The summed E-state index contributed by atoms with van der Waals surface area (Å²) in [6.45, 7) is 8.56. The second-order valence-corrected chi connectivity index (χ2v) is 10.6. The molecule has 8 heteroatoms. The first-order chi connectivity index (χ1) is 17.2. The zero-order valence-corrected chi connectivity index (χ0v) is 21.4. The molecule has 2 unspecified atom stereocenters. The van der Waals surface area contributed by atoms with Crippen LogP contribution in [0.15, 0.2) is 42.5 Å². The highest BCUT2D eigenvalue weighted by Crippen LogP contribution is 2.44. The molecule has 1 amide bonds. The van der Waals surface area contributed by atoms with Gasteiger partial charge in [0.15, 0.2) is 5.96 Å². The quantitative estimate of drug-likeness (QED) is 0.448. The van der Waals surface area contributed by atoms with Gasteiger partial charge < -0.3 is 19.9 Å². The van der Waals surface area contributed by atoms with E-state index in [4.69, 9.17) is 14.9 Å². The van der Waals surface area contributed by atoms with Crippen molar-refractivity contribution >= 4 is 11.9 Å². The van der Waals surface area contributed by atoms with Gasteiger partial charge in [-0.2, -0.15) is 0 Å². The fraction of sp³-hybridized carbons (Fsp3) is 0.500. The molecule has 192 valence electrons. The lowest BCUT2D eigenvalue weighted by atomic mass is 9.85. The van der Waals surface area contributed by atoms with Gasteiger partial charge in [0.1, 0.15) is 23.3 Å². The van der Waals surface area contributed by atoms with E-state index in [1.807, 2.05) is 70.2 Å². The van der Waals surface area contributed by atoms with Crippen LogP contribution in [-0.4, -0.2) is 39.6 Å². The van der Waals surface area contributed by atoms with Gasteiger partial charge in [-0.05, 0) is 50.5 Å². The highest BCUT2D eigenvalue weighted by molar-refractivity contribution is 5.99. The fourth-order valence-corrected chi connectivity index (χ4v) is 5.77. The molecule has 5 rings (SSSR count). The summed E-state index contributed by atoms with van der Waals surface area (Å²) in [5.74, 6) is 1.58. The molecule has 36 heavy (non-hydrogen) atoms. The molecule has 3 atom stereocenters. The normalized spacial score (nSPS) is 24.8. The van der Waals surface area contributed by atoms with Crippen molar-refractivity contribution in [2.45, 2.75) is 82.8 Å². The van der Waals surface area contributed by atoms with Gasteiger partial charge in [-0.1, -0.05) is 38.1 Å². The molecule has 3 heterocycles. The van der Waals surface area contributed by atoms with E-state index in [0.29, 0.717) is 30.8 Å². The summed E-state index contributed by atoms with van der Waals surface area (Å²) in [6.07, 6.45) is 1.54. The number of para-hydroxylation sites is 1. The van der Waals surface area contributed by atoms with Crippen LogP contribution in [0.1, 0.15) is 88.4 Å². The number of benzene rings is 2. The maximum Gasteiger partial charge on any atom is 0.232 e. The lowest BCUT2D eigenvalue weighted by Crippen LogP contribution is -2.62. The van der Waals surface area contributed by atoms with Gasteiger partial charge in [0.05, 0.1) is 25.1 Å². The Morgan fingerprint density at radius 3 is 2.64 bits per heavy atom. The van der Waals surface area contributed by atoms with Crippen LogP contribution in [0.4, 0.5) is 0 Å². The SMILES string of the molecule is CCC1(CC)CC(=O)N([C@@H]2CCOc3ccc(C(O)NC4c5ccccc5OC4(C)C)cc32)C(=N)N1. The van der Waals surface area contributed by atoms with E-state index in [-0.39, 0.29) is 29.5 Å². The van der Waals surface area contributed by atoms with E-state index in [9.17, 15) is 9.90 Å². The fourth-order valence-electron chi connectivity index (χ4n) is 5.77. The molecule has 3 aliphatic rings. The van der Waals surface area contributed by atoms with Crippen molar-refractivity contribution in [1.29, 1.82) is 5.41 Å². The molecule has 0 aromatic heterocycles. The number of aliphatic hydroxyl groups is 1. The van der Waals surface area contributed by atoms with Crippen molar-refractivity contribution in [2.24, 2.45) is 0 Å². The van der Waals surface area contributed by atoms with Gasteiger partial charge in [-0.3, -0.25) is 20.4 Å². The second kappa shape index (κ2) is 9.09. The Labute approximate surface area is 212 Å². The molecule has 0 aliphatic carbocycles. The van der Waals surface area contributed by atoms with Crippen molar-refractivity contribution in [2.75, 3.05) is 6.61 Å². The van der Waals surface area contributed by atoms with Crippen LogP contribution in [0.2, 0.25) is 0 Å². The largest absolute Gasteiger partial charge is 0.493 e. The number of carbonyl (C=O) groups is 1. The first kappa shape index (κ1) is 24.6. The molecule has 0 bridgehead atoms. The minimum atomic E-state index is -0.959. The molecule has 0 spiro atoms. The number of hydrogen-bond acceptors (Lipinski definition) is 6. The summed E-state index contributed by atoms with van der Waals surface area (Å²) in [5, 5.41) is 26.6. The van der Waals surface area contributed by atoms with E-state index in [0.717, 1.165) is 29.7 Å². The van der Waals surface area contributed by atoms with Crippen LogP contribution in [0.25, 0.3) is 0 Å². The third kappa shape index (κ3) is 4.12. The third-order valence-corrected chi connectivity index (χ3v) is 8.03. The van der Waals surface area contributed by atoms with Crippen LogP contribution in [0, 0.1) is 5.41 Å². The molecule has 3 aliphatic heterocycles. The van der Waals surface area contributed by atoms with Crippen molar-refractivity contribution in [3.05, 3.63) is 59.2 Å². The summed E-state index contributed by atoms with van der Waals surface area (Å²) >= 11 is 0. The van der Waals surface area contributed by atoms with E-state index in [1.54, 1.807) is 4.90 Å². The highest BCUT2D eigenvalue weighted by atomic mass is 16.5. The van der Waals surface area contributed by atoms with Crippen LogP contribution in [0.5, 0.6) is 11.5 Å². The highest BCUT2D eigenvalue weighted by Gasteiger charge is 2.44. The average molecular weight is 493 g/mol. The van der Waals surface area contributed by atoms with Crippen molar-refractivity contribution in [3.8, 4) is 11.5 Å². The summed E-state index contributed by atoms with van der Waals surface area (Å²) in [5.41, 5.74) is 1.59. The Balaban J connectivity index is 1.41. The Bertz CT molecular complexity index is 1160. The maximum absolute atomic E-state index is 13.3. The van der Waals surface area contributed by atoms with Crippen molar-refractivity contribution < 1.29 is 19.4 Å². The smallest absolute Gasteiger partial charge is 0.232 e. The predicted molar refractivity (Wildman–Crippen MR) is 137 cm³/mol. The Hall–Kier alpha value is -3.10. The number of nitrogens with zero attached hydrogens (tertiary/aromatic N) is 1. The summed E-state index contributed by atoms with van der Waals surface area (Å²) < 4.78 is 12.0. The number of hydrogen-bond donors (Lipinski definition) is 4. The van der Waals surface area contributed by atoms with Gasteiger partial charge in [-0.15, -0.1) is 0 Å². The van der Waals surface area contributed by atoms with Gasteiger partial charge in [-0.25, -0.2) is 0 Å². The number of nitrogens with one attached hydrogen (secondary N) is 3. The molecule has 2 aromatic carbocycles. The minimum absolute atomic E-state index is 0.0502. The van der Waals surface area contributed by atoms with Crippen molar-refractivity contribution in [3.63, 3.8) is 0 Å². The predicted octanol–water partition coefficient (Wildman–Crippen LogP) is 4.32. The van der Waals surface area contributed by atoms with Gasteiger partial charge >= 0.3 is 0 Å². The van der Waals surface area contributed by atoms with Crippen LogP contribution >= 0.6 is 0 Å².